The summed E-state index contributed by atoms with van der Waals surface area (Å²) in [6.45, 7) is 6.81. The molecule has 1 aromatic carbocycles. The van der Waals surface area contributed by atoms with Gasteiger partial charge in [-0.1, -0.05) is 49.0 Å². The SMILES string of the molecule is CCN(Cc1ccc(Cl)c(Cl)c1)C1CCN(CCCC(N)(CCCCB(O)O)C(=O)O)CC1. The second kappa shape index (κ2) is 13.9. The molecule has 5 N–H and O–H groups in total. The standard InChI is InChI=1S/C23H38BCl2N3O4/c1-2-29(17-18-6-7-20(25)21(26)16-18)19-8-14-28(15-9-19)13-5-11-23(27,22(30)31)10-3-4-12-24(32)33/h6-7,16,19,32-33H,2-5,8-15,17,27H2,1H3,(H,30,31). The molecular weight excluding hydrogens is 464 g/mol. The first-order valence-electron chi connectivity index (χ1n) is 11.9. The molecule has 0 radical (unpaired) electrons. The van der Waals surface area contributed by atoms with E-state index < -0.39 is 18.6 Å². The smallest absolute Gasteiger partial charge is 0.451 e. The minimum atomic E-state index is -1.35. The van der Waals surface area contributed by atoms with Crippen molar-refractivity contribution < 1.29 is 19.9 Å². The van der Waals surface area contributed by atoms with Gasteiger partial charge in [0, 0.05) is 12.6 Å². The number of unbranched alkanes of at least 4 members (excludes halogenated alkanes) is 1. The second-order valence-electron chi connectivity index (χ2n) is 9.18. The summed E-state index contributed by atoms with van der Waals surface area (Å²) in [6, 6.07) is 6.32. The van der Waals surface area contributed by atoms with Gasteiger partial charge < -0.3 is 25.8 Å². The van der Waals surface area contributed by atoms with Crippen LogP contribution in [0.15, 0.2) is 18.2 Å². The molecule has 186 valence electrons. The molecule has 0 aromatic heterocycles. The maximum atomic E-state index is 11.7. The number of nitrogens with zero attached hydrogens (tertiary/aromatic N) is 2. The van der Waals surface area contributed by atoms with E-state index in [9.17, 15) is 9.90 Å². The molecule has 33 heavy (non-hydrogen) atoms. The predicted octanol–water partition coefficient (Wildman–Crippen LogP) is 3.49. The van der Waals surface area contributed by atoms with Crippen LogP contribution >= 0.6 is 23.2 Å². The number of hydrogen-bond donors (Lipinski definition) is 4. The Hall–Kier alpha value is -0.865. The van der Waals surface area contributed by atoms with E-state index in [4.69, 9.17) is 39.0 Å². The van der Waals surface area contributed by atoms with Gasteiger partial charge in [-0.15, -0.1) is 0 Å². The van der Waals surface area contributed by atoms with Crippen molar-refractivity contribution in [1.29, 1.82) is 0 Å². The fourth-order valence-electron chi connectivity index (χ4n) is 4.60. The molecule has 10 heteroatoms. The van der Waals surface area contributed by atoms with Gasteiger partial charge in [-0.3, -0.25) is 9.69 Å². The summed E-state index contributed by atoms with van der Waals surface area (Å²) < 4.78 is 0. The minimum absolute atomic E-state index is 0.241. The third-order valence-corrected chi connectivity index (χ3v) is 7.45. The lowest BCUT2D eigenvalue weighted by atomic mass is 9.81. The molecule has 1 atom stereocenters. The Morgan fingerprint density at radius 3 is 2.42 bits per heavy atom. The Balaban J connectivity index is 1.75. The highest BCUT2D eigenvalue weighted by atomic mass is 35.5. The highest BCUT2D eigenvalue weighted by molar-refractivity contribution is 6.42. The molecule has 0 amide bonds. The molecule has 0 aliphatic carbocycles. The largest absolute Gasteiger partial charge is 0.480 e. The Labute approximate surface area is 208 Å². The van der Waals surface area contributed by atoms with Gasteiger partial charge in [0.2, 0.25) is 0 Å². The molecular formula is C23H38BCl2N3O4. The lowest BCUT2D eigenvalue weighted by molar-refractivity contribution is -0.144. The molecule has 0 bridgehead atoms. The maximum Gasteiger partial charge on any atom is 0.451 e. The van der Waals surface area contributed by atoms with Crippen LogP contribution in [0.1, 0.15) is 57.4 Å². The molecule has 0 spiro atoms. The van der Waals surface area contributed by atoms with E-state index >= 15 is 0 Å². The lowest BCUT2D eigenvalue weighted by Crippen LogP contribution is -2.49. The zero-order valence-electron chi connectivity index (χ0n) is 19.6. The summed E-state index contributed by atoms with van der Waals surface area (Å²) in [4.78, 5) is 16.6. The number of carboxylic acid groups (broad SMARTS) is 1. The average Bonchev–Trinajstić information content (AvgIpc) is 2.78. The monoisotopic (exact) mass is 501 g/mol. The number of carbonyl (C=O) groups is 1. The van der Waals surface area contributed by atoms with Crippen LogP contribution in [0.5, 0.6) is 0 Å². The Morgan fingerprint density at radius 2 is 1.85 bits per heavy atom. The quantitative estimate of drug-likeness (QED) is 0.228. The van der Waals surface area contributed by atoms with Crippen molar-refractivity contribution in [3.8, 4) is 0 Å². The van der Waals surface area contributed by atoms with Crippen molar-refractivity contribution in [2.24, 2.45) is 5.73 Å². The molecule has 1 heterocycles. The van der Waals surface area contributed by atoms with Gasteiger partial charge in [0.25, 0.3) is 0 Å². The Morgan fingerprint density at radius 1 is 1.18 bits per heavy atom. The fraction of sp³-hybridized carbons (Fsp3) is 0.696. The van der Waals surface area contributed by atoms with Crippen molar-refractivity contribution in [2.75, 3.05) is 26.2 Å². The number of benzene rings is 1. The first-order chi connectivity index (χ1) is 15.6. The number of hydrogen-bond acceptors (Lipinski definition) is 6. The predicted molar refractivity (Wildman–Crippen MR) is 135 cm³/mol. The van der Waals surface area contributed by atoms with Crippen LogP contribution in [0.25, 0.3) is 0 Å². The van der Waals surface area contributed by atoms with Gasteiger partial charge >= 0.3 is 13.1 Å². The number of piperidine rings is 1. The van der Waals surface area contributed by atoms with Crippen molar-refractivity contribution in [3.63, 3.8) is 0 Å². The van der Waals surface area contributed by atoms with Crippen molar-refractivity contribution >= 4 is 36.3 Å². The average molecular weight is 502 g/mol. The van der Waals surface area contributed by atoms with E-state index in [0.717, 1.165) is 57.5 Å². The van der Waals surface area contributed by atoms with E-state index in [1.54, 1.807) is 0 Å². The summed E-state index contributed by atoms with van der Waals surface area (Å²) in [7, 11) is -1.35. The molecule has 7 nitrogen and oxygen atoms in total. The minimum Gasteiger partial charge on any atom is -0.480 e. The van der Waals surface area contributed by atoms with Crippen molar-refractivity contribution in [2.45, 2.75) is 76.3 Å². The van der Waals surface area contributed by atoms with Crippen LogP contribution in [-0.2, 0) is 11.3 Å². The van der Waals surface area contributed by atoms with Crippen LogP contribution < -0.4 is 5.73 Å². The zero-order chi connectivity index (χ0) is 24.4. The van der Waals surface area contributed by atoms with Gasteiger partial charge in [0.1, 0.15) is 5.54 Å². The first-order valence-corrected chi connectivity index (χ1v) is 12.7. The van der Waals surface area contributed by atoms with Gasteiger partial charge in [0.15, 0.2) is 0 Å². The number of rotatable bonds is 14. The Bertz CT molecular complexity index is 750. The number of likely N-dealkylation sites (tertiary alicyclic amines) is 1. The van der Waals surface area contributed by atoms with Crippen molar-refractivity contribution in [1.82, 2.24) is 9.80 Å². The summed E-state index contributed by atoms with van der Waals surface area (Å²) in [5.74, 6) is -0.980. The van der Waals surface area contributed by atoms with Gasteiger partial charge in [-0.05, 0) is 82.3 Å². The summed E-state index contributed by atoms with van der Waals surface area (Å²) >= 11 is 12.2. The highest BCUT2D eigenvalue weighted by Gasteiger charge is 2.33. The molecule has 1 aliphatic heterocycles. The van der Waals surface area contributed by atoms with Crippen LogP contribution in [-0.4, -0.2) is 75.8 Å². The molecule has 1 saturated heterocycles. The van der Waals surface area contributed by atoms with Crippen LogP contribution in [0.4, 0.5) is 0 Å². The summed E-state index contributed by atoms with van der Waals surface area (Å²) in [5, 5.41) is 28.6. The summed E-state index contributed by atoms with van der Waals surface area (Å²) in [6.07, 6.45) is 5.00. The lowest BCUT2D eigenvalue weighted by Gasteiger charge is -2.38. The molecule has 1 unspecified atom stereocenters. The van der Waals surface area contributed by atoms with E-state index in [0.29, 0.717) is 41.8 Å². The highest BCUT2D eigenvalue weighted by Crippen LogP contribution is 2.25. The first kappa shape index (κ1) is 28.4. The molecule has 1 aliphatic rings. The number of nitrogens with two attached hydrogens (primary N) is 1. The van der Waals surface area contributed by atoms with Crippen LogP contribution in [0.2, 0.25) is 16.4 Å². The normalized spacial score (nSPS) is 17.3. The van der Waals surface area contributed by atoms with E-state index in [2.05, 4.69) is 16.7 Å². The van der Waals surface area contributed by atoms with Crippen LogP contribution in [0, 0.1) is 0 Å². The fourth-order valence-corrected chi connectivity index (χ4v) is 4.92. The van der Waals surface area contributed by atoms with Gasteiger partial charge in [-0.2, -0.15) is 0 Å². The van der Waals surface area contributed by atoms with Crippen molar-refractivity contribution in [3.05, 3.63) is 33.8 Å². The third-order valence-electron chi connectivity index (χ3n) is 6.71. The van der Waals surface area contributed by atoms with Gasteiger partial charge in [0.05, 0.1) is 10.0 Å². The topological polar surface area (TPSA) is 110 Å². The van der Waals surface area contributed by atoms with E-state index in [1.807, 2.05) is 18.2 Å². The maximum absolute atomic E-state index is 11.7. The molecule has 0 saturated carbocycles. The van der Waals surface area contributed by atoms with Gasteiger partial charge in [-0.25, -0.2) is 0 Å². The summed E-state index contributed by atoms with van der Waals surface area (Å²) in [5.41, 5.74) is 6.09. The molecule has 1 aromatic rings. The Kier molecular flexibility index (Phi) is 11.9. The number of carboxylic acids is 1. The molecule has 1 fully saturated rings. The second-order valence-corrected chi connectivity index (χ2v) is 9.99. The molecule has 2 rings (SSSR count). The third kappa shape index (κ3) is 9.36. The van der Waals surface area contributed by atoms with E-state index in [1.165, 1.54) is 0 Å². The zero-order valence-corrected chi connectivity index (χ0v) is 21.1. The number of halogens is 2. The van der Waals surface area contributed by atoms with E-state index in [-0.39, 0.29) is 6.32 Å². The van der Waals surface area contributed by atoms with Crippen LogP contribution in [0.3, 0.4) is 0 Å². The number of aliphatic carboxylic acids is 1.